The quantitative estimate of drug-likeness (QED) is 0.798. The molecular formula is C13H18FNO2. The monoisotopic (exact) mass is 239 g/mol. The van der Waals surface area contributed by atoms with Gasteiger partial charge in [-0.1, -0.05) is 32.0 Å². The second-order valence-electron chi connectivity index (χ2n) is 4.43. The topological polar surface area (TPSA) is 52.3 Å². The Bertz CT molecular complexity index is 379. The van der Waals surface area contributed by atoms with Gasteiger partial charge >= 0.3 is 5.97 Å². The Morgan fingerprint density at radius 2 is 2.06 bits per heavy atom. The summed E-state index contributed by atoms with van der Waals surface area (Å²) in [5, 5.41) is 0. The zero-order valence-electron chi connectivity index (χ0n) is 10.2. The van der Waals surface area contributed by atoms with Gasteiger partial charge in [0.25, 0.3) is 0 Å². The van der Waals surface area contributed by atoms with E-state index in [9.17, 15) is 9.18 Å². The van der Waals surface area contributed by atoms with E-state index in [4.69, 9.17) is 10.5 Å². The maximum absolute atomic E-state index is 13.3. The van der Waals surface area contributed by atoms with Crippen molar-refractivity contribution in [3.8, 4) is 0 Å². The van der Waals surface area contributed by atoms with Gasteiger partial charge < -0.3 is 10.5 Å². The molecule has 17 heavy (non-hydrogen) atoms. The zero-order chi connectivity index (χ0) is 12.8. The summed E-state index contributed by atoms with van der Waals surface area (Å²) in [6, 6.07) is 5.46. The third kappa shape index (κ3) is 4.53. The standard InChI is InChI=1S/C13H18FNO2/c1-9(2)8-17-13(16)12(15)7-10-5-3-4-6-11(10)14/h3-6,9,12H,7-8,15H2,1-2H3. The fourth-order valence-electron chi connectivity index (χ4n) is 1.34. The van der Waals surface area contributed by atoms with Crippen LogP contribution in [0.25, 0.3) is 0 Å². The summed E-state index contributed by atoms with van der Waals surface area (Å²) < 4.78 is 18.3. The molecule has 0 radical (unpaired) electrons. The molecule has 2 N–H and O–H groups in total. The number of halogens is 1. The van der Waals surface area contributed by atoms with Crippen LogP contribution in [-0.2, 0) is 16.0 Å². The van der Waals surface area contributed by atoms with Crippen LogP contribution in [0.3, 0.4) is 0 Å². The minimum absolute atomic E-state index is 0.156. The summed E-state index contributed by atoms with van der Waals surface area (Å²) in [7, 11) is 0. The molecule has 0 aliphatic rings. The van der Waals surface area contributed by atoms with E-state index in [0.29, 0.717) is 12.2 Å². The summed E-state index contributed by atoms with van der Waals surface area (Å²) in [6.45, 7) is 4.22. The molecule has 0 aromatic heterocycles. The van der Waals surface area contributed by atoms with Crippen LogP contribution in [0.4, 0.5) is 4.39 Å². The fraction of sp³-hybridized carbons (Fsp3) is 0.462. The van der Waals surface area contributed by atoms with Gasteiger partial charge in [-0.2, -0.15) is 0 Å². The lowest BCUT2D eigenvalue weighted by molar-refractivity contribution is -0.146. The van der Waals surface area contributed by atoms with Gasteiger partial charge in [0.2, 0.25) is 0 Å². The third-order valence-electron chi connectivity index (χ3n) is 2.26. The first-order chi connectivity index (χ1) is 8.00. The van der Waals surface area contributed by atoms with Crippen LogP contribution in [0.5, 0.6) is 0 Å². The van der Waals surface area contributed by atoms with Crippen LogP contribution in [0.1, 0.15) is 19.4 Å². The predicted octanol–water partition coefficient (Wildman–Crippen LogP) is 1.89. The van der Waals surface area contributed by atoms with Gasteiger partial charge in [0, 0.05) is 6.42 Å². The molecule has 0 amide bonds. The number of rotatable bonds is 5. The normalized spacial score (nSPS) is 12.5. The fourth-order valence-corrected chi connectivity index (χ4v) is 1.34. The second-order valence-corrected chi connectivity index (χ2v) is 4.43. The number of ether oxygens (including phenoxy) is 1. The van der Waals surface area contributed by atoms with Crippen LogP contribution in [-0.4, -0.2) is 18.6 Å². The first kappa shape index (κ1) is 13.6. The van der Waals surface area contributed by atoms with Crippen molar-refractivity contribution in [2.75, 3.05) is 6.61 Å². The molecule has 0 spiro atoms. The molecule has 1 aromatic rings. The highest BCUT2D eigenvalue weighted by Crippen LogP contribution is 2.09. The summed E-state index contributed by atoms with van der Waals surface area (Å²) >= 11 is 0. The van der Waals surface area contributed by atoms with Gasteiger partial charge in [0.1, 0.15) is 11.9 Å². The van der Waals surface area contributed by atoms with Gasteiger partial charge in [-0.05, 0) is 17.5 Å². The van der Waals surface area contributed by atoms with E-state index in [0.717, 1.165) is 0 Å². The van der Waals surface area contributed by atoms with E-state index >= 15 is 0 Å². The minimum atomic E-state index is -0.814. The van der Waals surface area contributed by atoms with Crippen molar-refractivity contribution in [1.29, 1.82) is 0 Å². The molecular weight excluding hydrogens is 221 g/mol. The highest BCUT2D eigenvalue weighted by molar-refractivity contribution is 5.75. The van der Waals surface area contributed by atoms with E-state index in [1.807, 2.05) is 13.8 Å². The number of hydrogen-bond donors (Lipinski definition) is 1. The second kappa shape index (κ2) is 6.35. The maximum Gasteiger partial charge on any atom is 0.323 e. The van der Waals surface area contributed by atoms with Crippen molar-refractivity contribution in [2.45, 2.75) is 26.3 Å². The van der Waals surface area contributed by atoms with Gasteiger partial charge in [-0.15, -0.1) is 0 Å². The van der Waals surface area contributed by atoms with Gasteiger partial charge in [-0.25, -0.2) is 4.39 Å². The van der Waals surface area contributed by atoms with E-state index < -0.39 is 12.0 Å². The lowest BCUT2D eigenvalue weighted by Crippen LogP contribution is -2.35. The molecule has 0 heterocycles. The predicted molar refractivity (Wildman–Crippen MR) is 63.9 cm³/mol. The first-order valence-corrected chi connectivity index (χ1v) is 5.66. The molecule has 0 saturated heterocycles. The first-order valence-electron chi connectivity index (χ1n) is 5.66. The van der Waals surface area contributed by atoms with Crippen molar-refractivity contribution >= 4 is 5.97 Å². The van der Waals surface area contributed by atoms with Crippen molar-refractivity contribution in [3.63, 3.8) is 0 Å². The lowest BCUT2D eigenvalue weighted by Gasteiger charge is -2.13. The number of hydrogen-bond acceptors (Lipinski definition) is 3. The maximum atomic E-state index is 13.3. The zero-order valence-corrected chi connectivity index (χ0v) is 10.2. The molecule has 0 fully saturated rings. The van der Waals surface area contributed by atoms with Crippen LogP contribution in [0.2, 0.25) is 0 Å². The molecule has 0 aliphatic heterocycles. The average Bonchev–Trinajstić information content (AvgIpc) is 2.28. The molecule has 0 aliphatic carbocycles. The number of benzene rings is 1. The number of carbonyl (C=O) groups excluding carboxylic acids is 1. The smallest absolute Gasteiger partial charge is 0.323 e. The van der Waals surface area contributed by atoms with Crippen molar-refractivity contribution in [2.24, 2.45) is 11.7 Å². The molecule has 1 atom stereocenters. The molecule has 4 heteroatoms. The van der Waals surface area contributed by atoms with Crippen LogP contribution in [0.15, 0.2) is 24.3 Å². The Morgan fingerprint density at radius 1 is 1.41 bits per heavy atom. The van der Waals surface area contributed by atoms with Crippen molar-refractivity contribution < 1.29 is 13.9 Å². The molecule has 1 aromatic carbocycles. The lowest BCUT2D eigenvalue weighted by atomic mass is 10.1. The Labute approximate surface area is 101 Å². The van der Waals surface area contributed by atoms with Crippen LogP contribution < -0.4 is 5.73 Å². The number of nitrogens with two attached hydrogens (primary N) is 1. The van der Waals surface area contributed by atoms with Gasteiger partial charge in [0.15, 0.2) is 0 Å². The van der Waals surface area contributed by atoms with Gasteiger partial charge in [0.05, 0.1) is 6.61 Å². The Hall–Kier alpha value is -1.42. The van der Waals surface area contributed by atoms with Gasteiger partial charge in [-0.3, -0.25) is 4.79 Å². The highest BCUT2D eigenvalue weighted by atomic mass is 19.1. The Kier molecular flexibility index (Phi) is 5.10. The summed E-state index contributed by atoms with van der Waals surface area (Å²) in [6.07, 6.45) is 0.156. The van der Waals surface area contributed by atoms with Crippen molar-refractivity contribution in [1.82, 2.24) is 0 Å². The SMILES string of the molecule is CC(C)COC(=O)C(N)Cc1ccccc1F. The summed E-state index contributed by atoms with van der Waals surface area (Å²) in [5.41, 5.74) is 6.10. The van der Waals surface area contributed by atoms with Crippen molar-refractivity contribution in [3.05, 3.63) is 35.6 Å². The van der Waals surface area contributed by atoms with E-state index in [1.165, 1.54) is 6.07 Å². The molecule has 1 unspecified atom stereocenters. The van der Waals surface area contributed by atoms with Crippen LogP contribution >= 0.6 is 0 Å². The largest absolute Gasteiger partial charge is 0.464 e. The molecule has 1 rings (SSSR count). The number of carbonyl (C=O) groups is 1. The van der Waals surface area contributed by atoms with Crippen LogP contribution in [0, 0.1) is 11.7 Å². The Morgan fingerprint density at radius 3 is 2.65 bits per heavy atom. The minimum Gasteiger partial charge on any atom is -0.464 e. The average molecular weight is 239 g/mol. The number of esters is 1. The molecule has 0 bridgehead atoms. The molecule has 94 valence electrons. The summed E-state index contributed by atoms with van der Waals surface area (Å²) in [5.74, 6) is -0.568. The third-order valence-corrected chi connectivity index (χ3v) is 2.26. The van der Waals surface area contributed by atoms with E-state index in [-0.39, 0.29) is 18.2 Å². The Balaban J connectivity index is 2.51. The van der Waals surface area contributed by atoms with E-state index in [1.54, 1.807) is 18.2 Å². The molecule has 3 nitrogen and oxygen atoms in total. The summed E-state index contributed by atoms with van der Waals surface area (Å²) in [4.78, 5) is 11.5. The molecule has 0 saturated carbocycles. The highest BCUT2D eigenvalue weighted by Gasteiger charge is 2.17. The van der Waals surface area contributed by atoms with E-state index in [2.05, 4.69) is 0 Å².